The van der Waals surface area contributed by atoms with E-state index in [0.29, 0.717) is 0 Å². The summed E-state index contributed by atoms with van der Waals surface area (Å²) >= 11 is 0. The third-order valence-electron chi connectivity index (χ3n) is 3.54. The topological polar surface area (TPSA) is 143 Å². The summed E-state index contributed by atoms with van der Waals surface area (Å²) in [6, 6.07) is 1.13. The van der Waals surface area contributed by atoms with Crippen molar-refractivity contribution < 1.29 is 24.5 Å². The van der Waals surface area contributed by atoms with Crippen molar-refractivity contribution in [2.75, 3.05) is 20.3 Å². The summed E-state index contributed by atoms with van der Waals surface area (Å²) in [4.78, 5) is 36.3. The van der Waals surface area contributed by atoms with Crippen LogP contribution in [0.15, 0.2) is 21.9 Å². The van der Waals surface area contributed by atoms with Crippen molar-refractivity contribution in [1.29, 1.82) is 0 Å². The molecule has 1 aliphatic rings. The van der Waals surface area contributed by atoms with Gasteiger partial charge in [0, 0.05) is 25.7 Å². The van der Waals surface area contributed by atoms with Crippen molar-refractivity contribution in [2.45, 2.75) is 31.0 Å². The van der Waals surface area contributed by atoms with Gasteiger partial charge in [-0.15, -0.1) is 0 Å². The average Bonchev–Trinajstić information content (AvgIpc) is 2.83. The Hall–Kier alpha value is -2.01. The summed E-state index contributed by atoms with van der Waals surface area (Å²) in [5.41, 5.74) is -1.30. The zero-order valence-electron chi connectivity index (χ0n) is 12.5. The Labute approximate surface area is 130 Å². The number of aliphatic hydroxyl groups excluding tert-OH is 2. The Morgan fingerprint density at radius 2 is 2.26 bits per heavy atom. The summed E-state index contributed by atoms with van der Waals surface area (Å²) < 4.78 is 12.0. The minimum absolute atomic E-state index is 0.00247. The molecule has 1 amide bonds. The van der Waals surface area contributed by atoms with E-state index < -0.39 is 42.4 Å². The number of carbonyl (C=O) groups is 1. The lowest BCUT2D eigenvalue weighted by atomic mass is 10.1. The van der Waals surface area contributed by atoms with Crippen LogP contribution < -0.4 is 16.6 Å². The van der Waals surface area contributed by atoms with Gasteiger partial charge in [-0.05, 0) is 0 Å². The van der Waals surface area contributed by atoms with Gasteiger partial charge in [0.1, 0.15) is 18.3 Å². The average molecular weight is 329 g/mol. The summed E-state index contributed by atoms with van der Waals surface area (Å²) in [6.45, 7) is -0.470. The predicted molar refractivity (Wildman–Crippen MR) is 76.7 cm³/mol. The maximum atomic E-state index is 11.9. The number of rotatable bonds is 6. The van der Waals surface area contributed by atoms with Gasteiger partial charge >= 0.3 is 5.69 Å². The van der Waals surface area contributed by atoms with Crippen LogP contribution in [0.3, 0.4) is 0 Å². The van der Waals surface area contributed by atoms with E-state index in [9.17, 15) is 24.6 Å². The monoisotopic (exact) mass is 329 g/mol. The fourth-order valence-electron chi connectivity index (χ4n) is 2.31. The van der Waals surface area contributed by atoms with Gasteiger partial charge in [0.25, 0.3) is 5.56 Å². The molecule has 0 aliphatic carbocycles. The highest BCUT2D eigenvalue weighted by atomic mass is 16.6. The van der Waals surface area contributed by atoms with Gasteiger partial charge in [-0.25, -0.2) is 4.79 Å². The van der Waals surface area contributed by atoms with E-state index in [1.165, 1.54) is 13.2 Å². The smallest absolute Gasteiger partial charge is 0.330 e. The van der Waals surface area contributed by atoms with Gasteiger partial charge in [0.15, 0.2) is 6.23 Å². The number of nitrogens with one attached hydrogen (secondary N) is 2. The van der Waals surface area contributed by atoms with Crippen molar-refractivity contribution in [3.8, 4) is 0 Å². The van der Waals surface area contributed by atoms with Gasteiger partial charge in [0.2, 0.25) is 5.91 Å². The first-order chi connectivity index (χ1) is 11.0. The van der Waals surface area contributed by atoms with Crippen LogP contribution in [0.5, 0.6) is 0 Å². The zero-order valence-corrected chi connectivity index (χ0v) is 12.5. The SMILES string of the molecule is CNC(=O)CCOC1C(O)[C@@H](CO)O[C@H]1n1ccc(=O)[nH]c1=O. The van der Waals surface area contributed by atoms with Gasteiger partial charge in [-0.3, -0.25) is 19.1 Å². The van der Waals surface area contributed by atoms with Crippen LogP contribution in [0, 0.1) is 0 Å². The van der Waals surface area contributed by atoms with Crippen LogP contribution in [-0.4, -0.2) is 64.2 Å². The van der Waals surface area contributed by atoms with Crippen LogP contribution in [0.2, 0.25) is 0 Å². The summed E-state index contributed by atoms with van der Waals surface area (Å²) in [6.07, 6.45) is -2.85. The molecule has 0 radical (unpaired) electrons. The van der Waals surface area contributed by atoms with E-state index in [4.69, 9.17) is 9.47 Å². The standard InChI is InChI=1S/C13H19N3O7/c1-14-8(18)3-5-22-11-10(20)7(6-17)23-12(11)16-4-2-9(19)15-13(16)21/h2,4,7,10-12,17,20H,3,5-6H2,1H3,(H,14,18)(H,15,19,21)/t7-,10?,11?,12-/m1/s1. The van der Waals surface area contributed by atoms with Gasteiger partial charge in [-0.1, -0.05) is 0 Å². The maximum absolute atomic E-state index is 11.9. The molecule has 1 saturated heterocycles. The van der Waals surface area contributed by atoms with E-state index in [1.807, 2.05) is 0 Å². The molecule has 1 aromatic heterocycles. The van der Waals surface area contributed by atoms with Crippen molar-refractivity contribution >= 4 is 5.91 Å². The number of H-pyrrole nitrogens is 1. The molecule has 10 nitrogen and oxygen atoms in total. The summed E-state index contributed by atoms with van der Waals surface area (Å²) in [7, 11) is 1.49. The maximum Gasteiger partial charge on any atom is 0.330 e. The molecule has 128 valence electrons. The second-order valence-electron chi connectivity index (χ2n) is 5.01. The number of aliphatic hydroxyl groups is 2. The zero-order chi connectivity index (χ0) is 17.0. The lowest BCUT2D eigenvalue weighted by Crippen LogP contribution is -2.39. The Balaban J connectivity index is 2.18. The highest BCUT2D eigenvalue weighted by molar-refractivity contribution is 5.75. The van der Waals surface area contributed by atoms with Crippen LogP contribution in [0.1, 0.15) is 12.6 Å². The minimum atomic E-state index is -1.19. The van der Waals surface area contributed by atoms with Crippen molar-refractivity contribution in [1.82, 2.24) is 14.9 Å². The molecule has 2 rings (SSSR count). The number of aromatic nitrogens is 2. The number of nitrogens with zero attached hydrogens (tertiary/aromatic N) is 1. The highest BCUT2D eigenvalue weighted by Gasteiger charge is 2.45. The number of amides is 1. The third-order valence-corrected chi connectivity index (χ3v) is 3.54. The van der Waals surface area contributed by atoms with Crippen molar-refractivity contribution in [3.63, 3.8) is 0 Å². The Morgan fingerprint density at radius 1 is 1.52 bits per heavy atom. The van der Waals surface area contributed by atoms with Gasteiger partial charge < -0.3 is 25.0 Å². The number of carbonyl (C=O) groups excluding carboxylic acids is 1. The Bertz CT molecular complexity index is 655. The van der Waals surface area contributed by atoms with Gasteiger partial charge in [0.05, 0.1) is 13.2 Å². The first kappa shape index (κ1) is 17.3. The van der Waals surface area contributed by atoms with E-state index in [2.05, 4.69) is 10.3 Å². The molecule has 1 aliphatic heterocycles. The fraction of sp³-hybridized carbons (Fsp3) is 0.615. The highest BCUT2D eigenvalue weighted by Crippen LogP contribution is 2.30. The number of hydrogen-bond donors (Lipinski definition) is 4. The lowest BCUT2D eigenvalue weighted by Gasteiger charge is -2.22. The molecule has 0 bridgehead atoms. The number of hydrogen-bond acceptors (Lipinski definition) is 7. The van der Waals surface area contributed by atoms with Gasteiger partial charge in [-0.2, -0.15) is 0 Å². The molecule has 2 unspecified atom stereocenters. The molecule has 4 atom stereocenters. The largest absolute Gasteiger partial charge is 0.394 e. The molecule has 4 N–H and O–H groups in total. The van der Waals surface area contributed by atoms with Crippen molar-refractivity contribution in [2.24, 2.45) is 0 Å². The first-order valence-corrected chi connectivity index (χ1v) is 7.06. The molecular formula is C13H19N3O7. The number of ether oxygens (including phenoxy) is 2. The lowest BCUT2D eigenvalue weighted by molar-refractivity contribution is -0.124. The van der Waals surface area contributed by atoms with Crippen LogP contribution >= 0.6 is 0 Å². The normalized spacial score (nSPS) is 27.1. The molecule has 23 heavy (non-hydrogen) atoms. The van der Waals surface area contributed by atoms with E-state index >= 15 is 0 Å². The molecule has 2 heterocycles. The summed E-state index contributed by atoms with van der Waals surface area (Å²) in [5.74, 6) is -0.241. The number of aromatic amines is 1. The van der Waals surface area contributed by atoms with Crippen LogP contribution in [-0.2, 0) is 14.3 Å². The second kappa shape index (κ2) is 7.51. The van der Waals surface area contributed by atoms with Crippen LogP contribution in [0.25, 0.3) is 0 Å². The second-order valence-corrected chi connectivity index (χ2v) is 5.01. The predicted octanol–water partition coefficient (Wildman–Crippen LogP) is -2.69. The quantitative estimate of drug-likeness (QED) is 0.445. The van der Waals surface area contributed by atoms with Crippen molar-refractivity contribution in [3.05, 3.63) is 33.1 Å². The van der Waals surface area contributed by atoms with E-state index in [-0.39, 0.29) is 18.9 Å². The molecule has 1 fully saturated rings. The molecule has 0 spiro atoms. The fourth-order valence-corrected chi connectivity index (χ4v) is 2.31. The Kier molecular flexibility index (Phi) is 5.66. The molecule has 0 aromatic carbocycles. The van der Waals surface area contributed by atoms with Crippen LogP contribution in [0.4, 0.5) is 0 Å². The first-order valence-electron chi connectivity index (χ1n) is 7.06. The van der Waals surface area contributed by atoms with E-state index in [1.54, 1.807) is 0 Å². The molecular weight excluding hydrogens is 310 g/mol. The van der Waals surface area contributed by atoms with E-state index in [0.717, 1.165) is 10.6 Å². The molecule has 10 heteroatoms. The Morgan fingerprint density at radius 3 is 2.87 bits per heavy atom. The summed E-state index contributed by atoms with van der Waals surface area (Å²) in [5, 5.41) is 21.8. The molecule has 1 aromatic rings. The third kappa shape index (κ3) is 3.85. The minimum Gasteiger partial charge on any atom is -0.394 e. The molecule has 0 saturated carbocycles.